The zero-order valence-electron chi connectivity index (χ0n) is 18.9. The summed E-state index contributed by atoms with van der Waals surface area (Å²) in [5.41, 5.74) is 4.02. The molecule has 31 heavy (non-hydrogen) atoms. The molecule has 7 nitrogen and oxygen atoms in total. The van der Waals surface area contributed by atoms with E-state index in [1.54, 1.807) is 22.0 Å². The van der Waals surface area contributed by atoms with Gasteiger partial charge < -0.3 is 4.74 Å². The van der Waals surface area contributed by atoms with Crippen LogP contribution in [0.5, 0.6) is 11.5 Å². The van der Waals surface area contributed by atoms with Crippen LogP contribution in [0.2, 0.25) is 0 Å². The standard InChI is InChI=1S/C24H28N6O/c1-23(2,3)17-7-19(29-15-25-13-27-29)11-21(9-17)31-22-10-18(24(4,5)6)8-20(12-22)30-16-26-14-28-30/h7-16H,1-6H3. The van der Waals surface area contributed by atoms with E-state index in [4.69, 9.17) is 4.74 Å². The summed E-state index contributed by atoms with van der Waals surface area (Å²) in [4.78, 5) is 8.16. The Morgan fingerprint density at radius 1 is 0.613 bits per heavy atom. The fourth-order valence-corrected chi connectivity index (χ4v) is 3.23. The molecule has 0 fully saturated rings. The van der Waals surface area contributed by atoms with Gasteiger partial charge >= 0.3 is 0 Å². The van der Waals surface area contributed by atoms with Crippen molar-refractivity contribution >= 4 is 0 Å². The molecule has 2 aromatic heterocycles. The molecule has 0 bridgehead atoms. The van der Waals surface area contributed by atoms with Crippen molar-refractivity contribution in [3.63, 3.8) is 0 Å². The van der Waals surface area contributed by atoms with E-state index < -0.39 is 0 Å². The molecule has 0 saturated carbocycles. The SMILES string of the molecule is CC(C)(C)c1cc(Oc2cc(-n3cncn3)cc(C(C)(C)C)c2)cc(-n2cncn2)c1. The third kappa shape index (κ3) is 4.66. The lowest BCUT2D eigenvalue weighted by atomic mass is 9.86. The predicted octanol–water partition coefficient (Wildman–Crippen LogP) is 5.24. The van der Waals surface area contributed by atoms with Crippen LogP contribution in [0.4, 0.5) is 0 Å². The van der Waals surface area contributed by atoms with E-state index in [9.17, 15) is 0 Å². The number of benzene rings is 2. The van der Waals surface area contributed by atoms with Crippen molar-refractivity contribution in [1.29, 1.82) is 0 Å². The number of rotatable bonds is 4. The molecule has 0 aliphatic rings. The molecule has 4 aromatic rings. The Kier molecular flexibility index (Phi) is 5.13. The molecule has 0 unspecified atom stereocenters. The van der Waals surface area contributed by atoms with Gasteiger partial charge in [0, 0.05) is 12.1 Å². The first-order chi connectivity index (χ1) is 14.6. The highest BCUT2D eigenvalue weighted by molar-refractivity contribution is 5.49. The van der Waals surface area contributed by atoms with Crippen LogP contribution in [0, 0.1) is 0 Å². The van der Waals surface area contributed by atoms with Crippen molar-refractivity contribution < 1.29 is 4.74 Å². The summed E-state index contributed by atoms with van der Waals surface area (Å²) in [5.74, 6) is 1.49. The third-order valence-corrected chi connectivity index (χ3v) is 5.12. The molecule has 0 atom stereocenters. The number of ether oxygens (including phenoxy) is 1. The second kappa shape index (κ2) is 7.65. The van der Waals surface area contributed by atoms with Gasteiger partial charge in [0.05, 0.1) is 11.4 Å². The Hall–Kier alpha value is -3.48. The normalized spacial score (nSPS) is 12.2. The van der Waals surface area contributed by atoms with E-state index in [-0.39, 0.29) is 10.8 Å². The maximum absolute atomic E-state index is 6.40. The molecule has 0 aliphatic carbocycles. The fourth-order valence-electron chi connectivity index (χ4n) is 3.23. The summed E-state index contributed by atoms with van der Waals surface area (Å²) in [7, 11) is 0. The van der Waals surface area contributed by atoms with Gasteiger partial charge in [0.25, 0.3) is 0 Å². The quantitative estimate of drug-likeness (QED) is 0.455. The Morgan fingerprint density at radius 3 is 1.35 bits per heavy atom. The lowest BCUT2D eigenvalue weighted by Crippen LogP contribution is -2.13. The molecular formula is C24H28N6O. The predicted molar refractivity (Wildman–Crippen MR) is 120 cm³/mol. The first-order valence-electron chi connectivity index (χ1n) is 10.3. The highest BCUT2D eigenvalue weighted by atomic mass is 16.5. The van der Waals surface area contributed by atoms with Gasteiger partial charge in [-0.3, -0.25) is 0 Å². The lowest BCUT2D eigenvalue weighted by Gasteiger charge is -2.23. The highest BCUT2D eigenvalue weighted by Crippen LogP contribution is 2.34. The molecule has 0 spiro atoms. The third-order valence-electron chi connectivity index (χ3n) is 5.12. The maximum Gasteiger partial charge on any atom is 0.138 e. The smallest absolute Gasteiger partial charge is 0.138 e. The van der Waals surface area contributed by atoms with Crippen LogP contribution in [-0.2, 0) is 10.8 Å². The summed E-state index contributed by atoms with van der Waals surface area (Å²) in [6.45, 7) is 13.1. The minimum Gasteiger partial charge on any atom is -0.457 e. The molecular weight excluding hydrogens is 388 g/mol. The Morgan fingerprint density at radius 2 is 1.03 bits per heavy atom. The van der Waals surface area contributed by atoms with Crippen LogP contribution in [0.3, 0.4) is 0 Å². The van der Waals surface area contributed by atoms with E-state index in [0.29, 0.717) is 0 Å². The van der Waals surface area contributed by atoms with Crippen molar-refractivity contribution in [2.45, 2.75) is 52.4 Å². The maximum atomic E-state index is 6.40. The van der Waals surface area contributed by atoms with Gasteiger partial charge in [-0.25, -0.2) is 19.3 Å². The highest BCUT2D eigenvalue weighted by Gasteiger charge is 2.19. The minimum atomic E-state index is -0.0478. The zero-order chi connectivity index (χ0) is 22.2. The van der Waals surface area contributed by atoms with E-state index >= 15 is 0 Å². The van der Waals surface area contributed by atoms with Crippen LogP contribution in [0.1, 0.15) is 52.7 Å². The molecule has 2 heterocycles. The van der Waals surface area contributed by atoms with E-state index in [1.807, 2.05) is 12.1 Å². The summed E-state index contributed by atoms with van der Waals surface area (Å²) in [6.07, 6.45) is 6.44. The molecule has 0 N–H and O–H groups in total. The molecule has 160 valence electrons. The largest absolute Gasteiger partial charge is 0.457 e. The Balaban J connectivity index is 1.80. The van der Waals surface area contributed by atoms with Gasteiger partial charge in [0.15, 0.2) is 0 Å². The molecule has 0 saturated heterocycles. The topological polar surface area (TPSA) is 70.7 Å². The molecule has 0 aliphatic heterocycles. The zero-order valence-corrected chi connectivity index (χ0v) is 18.9. The molecule has 0 amide bonds. The number of hydrogen-bond acceptors (Lipinski definition) is 5. The number of hydrogen-bond donors (Lipinski definition) is 0. The monoisotopic (exact) mass is 416 g/mol. The van der Waals surface area contributed by atoms with Crippen molar-refractivity contribution in [2.24, 2.45) is 0 Å². The van der Waals surface area contributed by atoms with Gasteiger partial charge in [0.1, 0.15) is 36.8 Å². The second-order valence-corrected chi connectivity index (χ2v) is 9.71. The first kappa shape index (κ1) is 20.8. The van der Waals surface area contributed by atoms with Crippen molar-refractivity contribution in [3.05, 3.63) is 72.8 Å². The van der Waals surface area contributed by atoms with E-state index in [0.717, 1.165) is 34.0 Å². The molecule has 0 radical (unpaired) electrons. The molecule has 7 heteroatoms. The van der Waals surface area contributed by atoms with Crippen LogP contribution >= 0.6 is 0 Å². The lowest BCUT2D eigenvalue weighted by molar-refractivity contribution is 0.473. The van der Waals surface area contributed by atoms with Gasteiger partial charge in [-0.15, -0.1) is 0 Å². The van der Waals surface area contributed by atoms with E-state index in [1.165, 1.54) is 12.7 Å². The second-order valence-electron chi connectivity index (χ2n) is 9.71. The molecule has 2 aromatic carbocycles. The average Bonchev–Trinajstić information content (AvgIpc) is 3.40. The van der Waals surface area contributed by atoms with Gasteiger partial charge in [-0.1, -0.05) is 41.5 Å². The minimum absolute atomic E-state index is 0.0478. The van der Waals surface area contributed by atoms with Crippen molar-refractivity contribution in [3.8, 4) is 22.9 Å². The van der Waals surface area contributed by atoms with Crippen LogP contribution < -0.4 is 4.74 Å². The number of nitrogens with zero attached hydrogens (tertiary/aromatic N) is 6. The summed E-state index contributed by atoms with van der Waals surface area (Å²) in [6, 6.07) is 12.4. The summed E-state index contributed by atoms with van der Waals surface area (Å²) >= 11 is 0. The van der Waals surface area contributed by atoms with Gasteiger partial charge in [0.2, 0.25) is 0 Å². The first-order valence-corrected chi connectivity index (χ1v) is 10.3. The summed E-state index contributed by atoms with van der Waals surface area (Å²) in [5, 5.41) is 8.57. The summed E-state index contributed by atoms with van der Waals surface area (Å²) < 4.78 is 9.89. The fraction of sp³-hybridized carbons (Fsp3) is 0.333. The van der Waals surface area contributed by atoms with Crippen molar-refractivity contribution in [2.75, 3.05) is 0 Å². The Bertz CT molecular complexity index is 1070. The van der Waals surface area contributed by atoms with Crippen LogP contribution in [-0.4, -0.2) is 29.5 Å². The van der Waals surface area contributed by atoms with E-state index in [2.05, 4.69) is 86.0 Å². The molecule has 4 rings (SSSR count). The average molecular weight is 417 g/mol. The van der Waals surface area contributed by atoms with Crippen molar-refractivity contribution in [1.82, 2.24) is 29.5 Å². The van der Waals surface area contributed by atoms with Crippen LogP contribution in [0.25, 0.3) is 11.4 Å². The number of aromatic nitrogens is 6. The Labute approximate surface area is 182 Å². The van der Waals surface area contributed by atoms with Gasteiger partial charge in [-0.2, -0.15) is 10.2 Å². The van der Waals surface area contributed by atoms with Crippen LogP contribution in [0.15, 0.2) is 61.7 Å². The van der Waals surface area contributed by atoms with Gasteiger partial charge in [-0.05, 0) is 46.2 Å².